The molecule has 208 valence electrons. The number of anilines is 2. The fourth-order valence-electron chi connectivity index (χ4n) is 5.52. The second kappa shape index (κ2) is 11.7. The molecule has 1 N–H and O–H groups in total. The predicted octanol–water partition coefficient (Wildman–Crippen LogP) is 6.14. The lowest BCUT2D eigenvalue weighted by Gasteiger charge is -2.39. The predicted molar refractivity (Wildman–Crippen MR) is 137 cm³/mol. The monoisotopic (exact) mass is 538 g/mol. The fraction of sp³-hybridized carbons (Fsp3) is 0.536. The number of piperidine rings is 1. The Hall–Kier alpha value is -3.17. The number of benzene rings is 2. The molecule has 6 nitrogen and oxygen atoms in total. The first-order valence-electron chi connectivity index (χ1n) is 13.1. The van der Waals surface area contributed by atoms with E-state index in [9.17, 15) is 27.5 Å². The van der Waals surface area contributed by atoms with Crippen LogP contribution in [0.1, 0.15) is 39.5 Å². The number of carboxylic acid groups (broad SMARTS) is 1. The van der Waals surface area contributed by atoms with Gasteiger partial charge < -0.3 is 24.4 Å². The summed E-state index contributed by atoms with van der Waals surface area (Å²) in [6.07, 6.45) is -3.55. The number of hydrogen-bond donors (Lipinski definition) is 1. The molecule has 2 aromatic carbocycles. The van der Waals surface area contributed by atoms with Crippen molar-refractivity contribution in [2.75, 3.05) is 36.0 Å². The third kappa shape index (κ3) is 6.45. The third-order valence-electron chi connectivity index (χ3n) is 7.50. The van der Waals surface area contributed by atoms with Gasteiger partial charge in [-0.05, 0) is 56.2 Å². The number of carboxylic acids is 1. The van der Waals surface area contributed by atoms with Crippen LogP contribution >= 0.6 is 0 Å². The Kier molecular flexibility index (Phi) is 8.57. The number of halogens is 4. The highest BCUT2D eigenvalue weighted by Gasteiger charge is 2.48. The van der Waals surface area contributed by atoms with Gasteiger partial charge in [0.05, 0.1) is 24.6 Å². The van der Waals surface area contributed by atoms with Crippen LogP contribution in [0.25, 0.3) is 0 Å². The maximum Gasteiger partial charge on any atom is 0.393 e. The molecular formula is C28H34F4N2O4. The minimum absolute atomic E-state index is 0.0959. The Bertz CT molecular complexity index is 1100. The first-order valence-corrected chi connectivity index (χ1v) is 13.1. The molecule has 38 heavy (non-hydrogen) atoms. The Morgan fingerprint density at radius 1 is 1.08 bits per heavy atom. The van der Waals surface area contributed by atoms with Gasteiger partial charge in [0.2, 0.25) is 0 Å². The van der Waals surface area contributed by atoms with Gasteiger partial charge >= 0.3 is 12.1 Å². The fourth-order valence-corrected chi connectivity index (χ4v) is 5.52. The lowest BCUT2D eigenvalue weighted by atomic mass is 9.91. The molecule has 4 rings (SSSR count). The summed E-state index contributed by atoms with van der Waals surface area (Å²) in [6.45, 7) is 5.40. The molecule has 0 aromatic heterocycles. The standard InChI is InChI=1S/C28H34F4N2O4/c1-3-18-16-33(25-15-23(37-4-2)9-10-24(25)29)12-11-26(18)38-22-7-5-20(6-8-22)34-17-19(28(30,31)32)13-21(34)14-27(35)36/h5-10,15,18-19,21,26H,3-4,11-14,16-17H2,1-2H3,(H,35,36)/t18?,19-,21-,26?/m1/s1. The van der Waals surface area contributed by atoms with Crippen molar-refractivity contribution in [3.05, 3.63) is 48.3 Å². The van der Waals surface area contributed by atoms with Crippen molar-refractivity contribution in [3.8, 4) is 11.5 Å². The van der Waals surface area contributed by atoms with Crippen LogP contribution in [0.5, 0.6) is 11.5 Å². The van der Waals surface area contributed by atoms with Crippen LogP contribution in [0.3, 0.4) is 0 Å². The van der Waals surface area contributed by atoms with Crippen molar-refractivity contribution in [3.63, 3.8) is 0 Å². The van der Waals surface area contributed by atoms with Crippen LogP contribution in [0, 0.1) is 17.7 Å². The Morgan fingerprint density at radius 3 is 2.42 bits per heavy atom. The summed E-state index contributed by atoms with van der Waals surface area (Å²) in [4.78, 5) is 14.8. The summed E-state index contributed by atoms with van der Waals surface area (Å²) < 4.78 is 66.4. The van der Waals surface area contributed by atoms with Crippen molar-refractivity contribution < 1.29 is 36.9 Å². The van der Waals surface area contributed by atoms with E-state index in [1.807, 2.05) is 11.8 Å². The molecule has 0 aliphatic carbocycles. The number of rotatable bonds is 9. The van der Waals surface area contributed by atoms with E-state index in [4.69, 9.17) is 9.47 Å². The molecular weight excluding hydrogens is 504 g/mol. The van der Waals surface area contributed by atoms with E-state index < -0.39 is 24.1 Å². The van der Waals surface area contributed by atoms with Crippen LogP contribution < -0.4 is 19.3 Å². The quantitative estimate of drug-likeness (QED) is 0.387. The topological polar surface area (TPSA) is 62.2 Å². The maximum absolute atomic E-state index is 14.6. The van der Waals surface area contributed by atoms with Crippen LogP contribution in [-0.2, 0) is 4.79 Å². The van der Waals surface area contributed by atoms with Gasteiger partial charge in [-0.2, -0.15) is 13.2 Å². The van der Waals surface area contributed by atoms with Crippen molar-refractivity contribution in [2.24, 2.45) is 11.8 Å². The zero-order chi connectivity index (χ0) is 27.4. The molecule has 0 radical (unpaired) electrons. The van der Waals surface area contributed by atoms with Crippen molar-refractivity contribution in [2.45, 2.75) is 57.9 Å². The zero-order valence-electron chi connectivity index (χ0n) is 21.6. The van der Waals surface area contributed by atoms with Gasteiger partial charge in [0, 0.05) is 49.8 Å². The molecule has 2 fully saturated rings. The molecule has 2 heterocycles. The highest BCUT2D eigenvalue weighted by Crippen LogP contribution is 2.40. The van der Waals surface area contributed by atoms with Gasteiger partial charge in [-0.1, -0.05) is 6.92 Å². The normalized spacial score (nSPS) is 23.9. The summed E-state index contributed by atoms with van der Waals surface area (Å²) in [5.41, 5.74) is 1.05. The van der Waals surface area contributed by atoms with Crippen LogP contribution in [0.2, 0.25) is 0 Å². The van der Waals surface area contributed by atoms with Crippen LogP contribution in [0.15, 0.2) is 42.5 Å². The first kappa shape index (κ1) is 27.9. The van der Waals surface area contributed by atoms with Crippen molar-refractivity contribution >= 4 is 17.3 Å². The smallest absolute Gasteiger partial charge is 0.393 e. The van der Waals surface area contributed by atoms with Gasteiger partial charge in [-0.15, -0.1) is 0 Å². The largest absolute Gasteiger partial charge is 0.494 e. The minimum atomic E-state index is -4.37. The summed E-state index contributed by atoms with van der Waals surface area (Å²) in [7, 11) is 0. The lowest BCUT2D eigenvalue weighted by molar-refractivity contribution is -0.169. The zero-order valence-corrected chi connectivity index (χ0v) is 21.6. The molecule has 2 aromatic rings. The van der Waals surface area contributed by atoms with E-state index in [1.54, 1.807) is 36.4 Å². The van der Waals surface area contributed by atoms with Gasteiger partial charge in [-0.3, -0.25) is 4.79 Å². The number of nitrogens with zero attached hydrogens (tertiary/aromatic N) is 2. The molecule has 0 spiro atoms. The van der Waals surface area contributed by atoms with E-state index in [0.717, 1.165) is 6.42 Å². The molecule has 2 unspecified atom stereocenters. The molecule has 2 aliphatic rings. The molecule has 0 amide bonds. The Morgan fingerprint density at radius 2 is 1.79 bits per heavy atom. The van der Waals surface area contributed by atoms with Crippen molar-refractivity contribution in [1.82, 2.24) is 0 Å². The van der Waals surface area contributed by atoms with Crippen LogP contribution in [-0.4, -0.2) is 55.6 Å². The van der Waals surface area contributed by atoms with Crippen LogP contribution in [0.4, 0.5) is 28.9 Å². The second-order valence-corrected chi connectivity index (χ2v) is 9.98. The van der Waals surface area contributed by atoms with E-state index in [0.29, 0.717) is 49.0 Å². The highest BCUT2D eigenvalue weighted by molar-refractivity contribution is 5.69. The molecule has 4 atom stereocenters. The van der Waals surface area contributed by atoms with Gasteiger partial charge in [0.1, 0.15) is 23.4 Å². The Balaban J connectivity index is 1.42. The van der Waals surface area contributed by atoms with Gasteiger partial charge in [-0.25, -0.2) is 4.39 Å². The van der Waals surface area contributed by atoms with Gasteiger partial charge in [0.25, 0.3) is 0 Å². The second-order valence-electron chi connectivity index (χ2n) is 9.98. The summed E-state index contributed by atoms with van der Waals surface area (Å²) in [5, 5.41) is 9.19. The first-order chi connectivity index (χ1) is 18.1. The molecule has 0 saturated carbocycles. The highest BCUT2D eigenvalue weighted by atomic mass is 19.4. The molecule has 2 aliphatic heterocycles. The molecule has 2 saturated heterocycles. The van der Waals surface area contributed by atoms with E-state index >= 15 is 0 Å². The number of alkyl halides is 3. The number of aliphatic carboxylic acids is 1. The molecule has 0 bridgehead atoms. The summed E-state index contributed by atoms with van der Waals surface area (Å²) in [5.74, 6) is -1.61. The van der Waals surface area contributed by atoms with Crippen molar-refractivity contribution in [1.29, 1.82) is 0 Å². The van der Waals surface area contributed by atoms with E-state index in [-0.39, 0.29) is 37.2 Å². The summed E-state index contributed by atoms with van der Waals surface area (Å²) in [6, 6.07) is 10.9. The Labute approximate surface area is 220 Å². The summed E-state index contributed by atoms with van der Waals surface area (Å²) >= 11 is 0. The minimum Gasteiger partial charge on any atom is -0.494 e. The number of hydrogen-bond acceptors (Lipinski definition) is 5. The number of ether oxygens (including phenoxy) is 2. The third-order valence-corrected chi connectivity index (χ3v) is 7.50. The SMILES string of the molecule is CCOc1ccc(F)c(N2CCC(Oc3ccc(N4C[C@H](C(F)(F)F)C[C@@H]4CC(=O)O)cc3)C(CC)C2)c1. The van der Waals surface area contributed by atoms with Gasteiger partial charge in [0.15, 0.2) is 0 Å². The molecule has 10 heteroatoms. The average Bonchev–Trinajstić information content (AvgIpc) is 3.30. The lowest BCUT2D eigenvalue weighted by Crippen LogP contribution is -2.45. The number of carbonyl (C=O) groups is 1. The van der Waals surface area contributed by atoms with E-state index in [1.165, 1.54) is 11.0 Å². The average molecular weight is 539 g/mol. The maximum atomic E-state index is 14.6. The van der Waals surface area contributed by atoms with E-state index in [2.05, 4.69) is 6.92 Å².